The number of aromatic nitrogens is 3. The van der Waals surface area contributed by atoms with Crippen LogP contribution in [-0.2, 0) is 16.1 Å². The summed E-state index contributed by atoms with van der Waals surface area (Å²) in [5.41, 5.74) is 2.74. The fraction of sp³-hybridized carbons (Fsp3) is 0.263. The van der Waals surface area contributed by atoms with Crippen LogP contribution in [0.1, 0.15) is 16.9 Å². The first-order chi connectivity index (χ1) is 13.5. The lowest BCUT2D eigenvalue weighted by Gasteiger charge is -2.12. The highest BCUT2D eigenvalue weighted by Crippen LogP contribution is 2.19. The van der Waals surface area contributed by atoms with Crippen molar-refractivity contribution in [3.8, 4) is 0 Å². The fourth-order valence-electron chi connectivity index (χ4n) is 2.59. The van der Waals surface area contributed by atoms with Gasteiger partial charge < -0.3 is 19.6 Å². The SMILES string of the molecule is Cc1cccc(C)c1NC(=O)CNC(=O)CSc1nncn1Cc1ccco1. The van der Waals surface area contributed by atoms with Crippen molar-refractivity contribution in [1.29, 1.82) is 0 Å². The molecule has 2 N–H and O–H groups in total. The lowest BCUT2D eigenvalue weighted by molar-refractivity contribution is -0.122. The van der Waals surface area contributed by atoms with Gasteiger partial charge in [0, 0.05) is 5.69 Å². The van der Waals surface area contributed by atoms with Crippen LogP contribution >= 0.6 is 11.8 Å². The first kappa shape index (κ1) is 19.7. The molecule has 0 aliphatic carbocycles. The highest BCUT2D eigenvalue weighted by atomic mass is 32.2. The zero-order valence-electron chi connectivity index (χ0n) is 15.6. The molecule has 0 atom stereocenters. The van der Waals surface area contributed by atoms with Crippen molar-refractivity contribution in [3.63, 3.8) is 0 Å². The Balaban J connectivity index is 1.45. The molecular formula is C19H21N5O3S. The second-order valence-electron chi connectivity index (χ2n) is 6.20. The van der Waals surface area contributed by atoms with Crippen LogP contribution in [0.25, 0.3) is 0 Å². The second-order valence-corrected chi connectivity index (χ2v) is 7.14. The number of hydrogen-bond acceptors (Lipinski definition) is 6. The minimum atomic E-state index is -0.267. The van der Waals surface area contributed by atoms with Crippen molar-refractivity contribution in [1.82, 2.24) is 20.1 Å². The van der Waals surface area contributed by atoms with Crippen LogP contribution in [0, 0.1) is 13.8 Å². The van der Waals surface area contributed by atoms with Crippen LogP contribution in [0.2, 0.25) is 0 Å². The van der Waals surface area contributed by atoms with Gasteiger partial charge in [-0.1, -0.05) is 30.0 Å². The van der Waals surface area contributed by atoms with Crippen molar-refractivity contribution in [2.75, 3.05) is 17.6 Å². The van der Waals surface area contributed by atoms with E-state index in [0.717, 1.165) is 22.6 Å². The van der Waals surface area contributed by atoms with Crippen LogP contribution in [0.4, 0.5) is 5.69 Å². The molecule has 2 aromatic heterocycles. The maximum atomic E-state index is 12.1. The van der Waals surface area contributed by atoms with Gasteiger partial charge in [0.1, 0.15) is 12.1 Å². The fourth-order valence-corrected chi connectivity index (χ4v) is 3.33. The molecule has 28 heavy (non-hydrogen) atoms. The molecule has 9 heteroatoms. The van der Waals surface area contributed by atoms with Crippen molar-refractivity contribution >= 4 is 29.3 Å². The molecule has 0 unspecified atom stereocenters. The number of carbonyl (C=O) groups is 2. The molecule has 0 fully saturated rings. The van der Waals surface area contributed by atoms with E-state index in [-0.39, 0.29) is 24.1 Å². The summed E-state index contributed by atoms with van der Waals surface area (Å²) >= 11 is 1.25. The van der Waals surface area contributed by atoms with E-state index in [1.165, 1.54) is 11.8 Å². The molecule has 0 spiro atoms. The summed E-state index contributed by atoms with van der Waals surface area (Å²) in [5.74, 6) is 0.383. The van der Waals surface area contributed by atoms with Crippen LogP contribution in [0.5, 0.6) is 0 Å². The molecule has 3 aromatic rings. The second kappa shape index (κ2) is 9.23. The highest BCUT2D eigenvalue weighted by Gasteiger charge is 2.12. The number of anilines is 1. The van der Waals surface area contributed by atoms with Crippen molar-refractivity contribution < 1.29 is 14.0 Å². The number of furan rings is 1. The van der Waals surface area contributed by atoms with Crippen LogP contribution in [0.15, 0.2) is 52.5 Å². The Labute approximate surface area is 166 Å². The smallest absolute Gasteiger partial charge is 0.243 e. The van der Waals surface area contributed by atoms with E-state index in [0.29, 0.717) is 11.7 Å². The summed E-state index contributed by atoms with van der Waals surface area (Å²) in [6.07, 6.45) is 3.18. The lowest BCUT2D eigenvalue weighted by atomic mass is 10.1. The van der Waals surface area contributed by atoms with E-state index in [1.807, 2.05) is 44.2 Å². The predicted molar refractivity (Wildman–Crippen MR) is 106 cm³/mol. The Morgan fingerprint density at radius 3 is 2.64 bits per heavy atom. The molecule has 0 bridgehead atoms. The van der Waals surface area contributed by atoms with Gasteiger partial charge in [-0.15, -0.1) is 10.2 Å². The Morgan fingerprint density at radius 2 is 1.93 bits per heavy atom. The normalized spacial score (nSPS) is 10.6. The van der Waals surface area contributed by atoms with Gasteiger partial charge in [0.05, 0.1) is 25.1 Å². The largest absolute Gasteiger partial charge is 0.467 e. The zero-order valence-corrected chi connectivity index (χ0v) is 16.5. The number of rotatable bonds is 8. The van der Waals surface area contributed by atoms with Gasteiger partial charge in [-0.2, -0.15) is 0 Å². The number of para-hydroxylation sites is 1. The summed E-state index contributed by atoms with van der Waals surface area (Å²) in [5, 5.41) is 14.0. The van der Waals surface area contributed by atoms with Crippen molar-refractivity contribution in [2.45, 2.75) is 25.5 Å². The first-order valence-corrected chi connectivity index (χ1v) is 9.67. The van der Waals surface area contributed by atoms with E-state index < -0.39 is 0 Å². The van der Waals surface area contributed by atoms with Gasteiger partial charge in [0.15, 0.2) is 5.16 Å². The summed E-state index contributed by atoms with van der Waals surface area (Å²) in [7, 11) is 0. The zero-order chi connectivity index (χ0) is 19.9. The van der Waals surface area contributed by atoms with Crippen LogP contribution in [0.3, 0.4) is 0 Å². The number of carbonyl (C=O) groups excluding carboxylic acids is 2. The average Bonchev–Trinajstić information content (AvgIpc) is 3.34. The molecule has 1 aromatic carbocycles. The van der Waals surface area contributed by atoms with E-state index >= 15 is 0 Å². The third-order valence-corrected chi connectivity index (χ3v) is 4.99. The molecule has 8 nitrogen and oxygen atoms in total. The van der Waals surface area contributed by atoms with Crippen molar-refractivity contribution in [2.24, 2.45) is 0 Å². The minimum absolute atomic E-state index is 0.0910. The van der Waals surface area contributed by atoms with Crippen molar-refractivity contribution in [3.05, 3.63) is 59.8 Å². The number of benzene rings is 1. The maximum absolute atomic E-state index is 12.1. The number of aryl methyl sites for hydroxylation is 2. The Morgan fingerprint density at radius 1 is 1.14 bits per heavy atom. The van der Waals surface area contributed by atoms with Gasteiger partial charge in [-0.25, -0.2) is 0 Å². The summed E-state index contributed by atoms with van der Waals surface area (Å²) in [4.78, 5) is 24.2. The van der Waals surface area contributed by atoms with E-state index in [2.05, 4.69) is 20.8 Å². The topological polar surface area (TPSA) is 102 Å². The van der Waals surface area contributed by atoms with E-state index in [9.17, 15) is 9.59 Å². The number of nitrogens with one attached hydrogen (secondary N) is 2. The third-order valence-electron chi connectivity index (χ3n) is 4.01. The van der Waals surface area contributed by atoms with Gasteiger partial charge >= 0.3 is 0 Å². The molecule has 2 amide bonds. The van der Waals surface area contributed by atoms with Crippen LogP contribution < -0.4 is 10.6 Å². The predicted octanol–water partition coefficient (Wildman–Crippen LogP) is 2.38. The number of thioether (sulfide) groups is 1. The molecule has 0 radical (unpaired) electrons. The molecule has 0 aliphatic heterocycles. The summed E-state index contributed by atoms with van der Waals surface area (Å²) in [6, 6.07) is 9.46. The van der Waals surface area contributed by atoms with Gasteiger partial charge in [-0.3, -0.25) is 9.59 Å². The summed E-state index contributed by atoms with van der Waals surface area (Å²) < 4.78 is 7.10. The van der Waals surface area contributed by atoms with Gasteiger partial charge in [0.25, 0.3) is 0 Å². The lowest BCUT2D eigenvalue weighted by Crippen LogP contribution is -2.34. The number of nitrogens with zero attached hydrogens (tertiary/aromatic N) is 3. The number of hydrogen-bond donors (Lipinski definition) is 2. The van der Waals surface area contributed by atoms with E-state index in [4.69, 9.17) is 4.42 Å². The molecule has 0 saturated carbocycles. The minimum Gasteiger partial charge on any atom is -0.467 e. The monoisotopic (exact) mass is 399 g/mol. The molecular weight excluding hydrogens is 378 g/mol. The first-order valence-electron chi connectivity index (χ1n) is 8.68. The molecule has 146 valence electrons. The standard InChI is InChI=1S/C19H21N5O3S/c1-13-5-3-6-14(2)18(13)22-16(25)9-20-17(26)11-28-19-23-21-12-24(19)10-15-7-4-8-27-15/h3-8,12H,9-11H2,1-2H3,(H,20,26)(H,22,25). The van der Waals surface area contributed by atoms with E-state index in [1.54, 1.807) is 17.2 Å². The van der Waals surface area contributed by atoms with Crippen LogP contribution in [-0.4, -0.2) is 38.9 Å². The molecule has 0 aliphatic rings. The highest BCUT2D eigenvalue weighted by molar-refractivity contribution is 7.99. The molecule has 0 saturated heterocycles. The Bertz CT molecular complexity index is 932. The number of amides is 2. The molecule has 3 rings (SSSR count). The Hall–Kier alpha value is -3.07. The molecule has 2 heterocycles. The van der Waals surface area contributed by atoms with Gasteiger partial charge in [0.2, 0.25) is 11.8 Å². The maximum Gasteiger partial charge on any atom is 0.243 e. The third kappa shape index (κ3) is 5.23. The summed E-state index contributed by atoms with van der Waals surface area (Å²) in [6.45, 7) is 4.25. The van der Waals surface area contributed by atoms with Gasteiger partial charge in [-0.05, 0) is 37.1 Å². The average molecular weight is 399 g/mol. The Kier molecular flexibility index (Phi) is 6.49. The quantitative estimate of drug-likeness (QED) is 0.564.